The van der Waals surface area contributed by atoms with E-state index in [0.717, 1.165) is 38.4 Å². The summed E-state index contributed by atoms with van der Waals surface area (Å²) in [6.07, 6.45) is 1.62. The fourth-order valence-corrected chi connectivity index (χ4v) is 2.88. The average Bonchev–Trinajstić information content (AvgIpc) is 2.69. The van der Waals surface area contributed by atoms with Crippen LogP contribution in [-0.2, 0) is 4.74 Å². The summed E-state index contributed by atoms with van der Waals surface area (Å²) in [6.45, 7) is 6.25. The molecule has 0 atom stereocenters. The van der Waals surface area contributed by atoms with E-state index < -0.39 is 0 Å². The second-order valence-corrected chi connectivity index (χ2v) is 6.28. The number of nitrogens with one attached hydrogen (secondary N) is 1. The Bertz CT molecular complexity index is 785. The molecule has 2 heterocycles. The number of morpholine rings is 1. The number of nitrogens with zero attached hydrogens (tertiary/aromatic N) is 2. The molecule has 1 amide bonds. The predicted molar refractivity (Wildman–Crippen MR) is 99.3 cm³/mol. The third-order valence-electron chi connectivity index (χ3n) is 4.40. The number of Topliss-reactive ketones (excluding diaryl/α,β-unsaturated/α-hetero) is 1. The molecule has 6 heteroatoms. The molecule has 1 saturated heterocycles. The molecule has 0 bridgehead atoms. The minimum absolute atomic E-state index is 0.00357. The summed E-state index contributed by atoms with van der Waals surface area (Å²) in [5.41, 5.74) is 2.68. The van der Waals surface area contributed by atoms with Gasteiger partial charge in [-0.15, -0.1) is 0 Å². The number of aromatic nitrogens is 1. The number of carbonyl (C=O) groups excluding carboxylic acids is 2. The zero-order valence-electron chi connectivity index (χ0n) is 14.9. The van der Waals surface area contributed by atoms with Crippen LogP contribution in [0.25, 0.3) is 11.3 Å². The second-order valence-electron chi connectivity index (χ2n) is 6.28. The van der Waals surface area contributed by atoms with Gasteiger partial charge >= 0.3 is 0 Å². The van der Waals surface area contributed by atoms with E-state index in [1.807, 2.05) is 12.1 Å². The van der Waals surface area contributed by atoms with Gasteiger partial charge in [0.2, 0.25) is 0 Å². The fourth-order valence-electron chi connectivity index (χ4n) is 2.88. The molecule has 2 aromatic rings. The fraction of sp³-hybridized carbons (Fsp3) is 0.350. The van der Waals surface area contributed by atoms with Crippen LogP contribution < -0.4 is 5.32 Å². The Balaban J connectivity index is 1.63. The zero-order valence-corrected chi connectivity index (χ0v) is 14.9. The smallest absolute Gasteiger partial charge is 0.251 e. The van der Waals surface area contributed by atoms with Crippen molar-refractivity contribution in [3.05, 3.63) is 53.7 Å². The Kier molecular flexibility index (Phi) is 6.09. The summed E-state index contributed by atoms with van der Waals surface area (Å²) < 4.78 is 5.32. The van der Waals surface area contributed by atoms with Gasteiger partial charge in [0.25, 0.3) is 5.91 Å². The summed E-state index contributed by atoms with van der Waals surface area (Å²) in [5, 5.41) is 2.95. The lowest BCUT2D eigenvalue weighted by molar-refractivity contribution is 0.0383. The van der Waals surface area contributed by atoms with Crippen LogP contribution in [0.2, 0.25) is 0 Å². The lowest BCUT2D eigenvalue weighted by Gasteiger charge is -2.26. The average molecular weight is 353 g/mol. The summed E-state index contributed by atoms with van der Waals surface area (Å²) in [6, 6.07) is 10.7. The first-order chi connectivity index (χ1) is 12.6. The Morgan fingerprint density at radius 1 is 1.15 bits per heavy atom. The Morgan fingerprint density at radius 2 is 1.96 bits per heavy atom. The number of hydrogen-bond donors (Lipinski definition) is 1. The number of benzene rings is 1. The lowest BCUT2D eigenvalue weighted by atomic mass is 10.0. The third kappa shape index (κ3) is 4.74. The molecule has 6 nitrogen and oxygen atoms in total. The number of rotatable bonds is 6. The van der Waals surface area contributed by atoms with Crippen molar-refractivity contribution in [2.45, 2.75) is 6.92 Å². The van der Waals surface area contributed by atoms with Crippen LogP contribution in [0.4, 0.5) is 0 Å². The van der Waals surface area contributed by atoms with Crippen molar-refractivity contribution in [2.75, 3.05) is 39.4 Å². The molecule has 0 aliphatic carbocycles. The van der Waals surface area contributed by atoms with Gasteiger partial charge in [0.05, 0.1) is 18.9 Å². The van der Waals surface area contributed by atoms with E-state index in [2.05, 4.69) is 15.2 Å². The summed E-state index contributed by atoms with van der Waals surface area (Å²) in [7, 11) is 0. The molecule has 136 valence electrons. The molecule has 0 radical (unpaired) electrons. The molecule has 1 aromatic carbocycles. The van der Waals surface area contributed by atoms with Gasteiger partial charge < -0.3 is 10.1 Å². The van der Waals surface area contributed by atoms with Crippen LogP contribution in [0.5, 0.6) is 0 Å². The summed E-state index contributed by atoms with van der Waals surface area (Å²) >= 11 is 0. The largest absolute Gasteiger partial charge is 0.379 e. The maximum atomic E-state index is 12.4. The molecule has 3 rings (SSSR count). The number of pyridine rings is 1. The first-order valence-electron chi connectivity index (χ1n) is 8.79. The Hall–Kier alpha value is -2.57. The SMILES string of the molecule is CC(=O)c1cccc(-c2cc(C(=O)NCCN3CCOCC3)ccn2)c1. The van der Waals surface area contributed by atoms with E-state index in [4.69, 9.17) is 4.74 Å². The first kappa shape index (κ1) is 18.2. The van der Waals surface area contributed by atoms with Crippen LogP contribution in [0.1, 0.15) is 27.6 Å². The Labute approximate surface area is 153 Å². The molecule has 1 N–H and O–H groups in total. The van der Waals surface area contributed by atoms with E-state index in [1.165, 1.54) is 6.92 Å². The first-order valence-corrected chi connectivity index (χ1v) is 8.79. The monoisotopic (exact) mass is 353 g/mol. The van der Waals surface area contributed by atoms with Crippen molar-refractivity contribution in [1.29, 1.82) is 0 Å². The standard InChI is InChI=1S/C20H23N3O3/c1-15(24)16-3-2-4-17(13-16)19-14-18(5-6-21-19)20(25)22-7-8-23-9-11-26-12-10-23/h2-6,13-14H,7-12H2,1H3,(H,22,25). The van der Waals surface area contributed by atoms with E-state index in [-0.39, 0.29) is 11.7 Å². The Morgan fingerprint density at radius 3 is 2.73 bits per heavy atom. The van der Waals surface area contributed by atoms with Crippen LogP contribution >= 0.6 is 0 Å². The second kappa shape index (κ2) is 8.69. The van der Waals surface area contributed by atoms with Gasteiger partial charge in [-0.05, 0) is 25.1 Å². The van der Waals surface area contributed by atoms with Crippen LogP contribution in [-0.4, -0.2) is 61.0 Å². The highest BCUT2D eigenvalue weighted by atomic mass is 16.5. The number of hydrogen-bond acceptors (Lipinski definition) is 5. The van der Waals surface area contributed by atoms with E-state index >= 15 is 0 Å². The van der Waals surface area contributed by atoms with Crippen molar-refractivity contribution in [3.8, 4) is 11.3 Å². The quantitative estimate of drug-likeness (QED) is 0.805. The molecule has 0 unspecified atom stereocenters. The number of ketones is 1. The van der Waals surface area contributed by atoms with Crippen molar-refractivity contribution >= 4 is 11.7 Å². The van der Waals surface area contributed by atoms with E-state index in [9.17, 15) is 9.59 Å². The van der Waals surface area contributed by atoms with Crippen molar-refractivity contribution in [3.63, 3.8) is 0 Å². The molecule has 26 heavy (non-hydrogen) atoms. The van der Waals surface area contributed by atoms with Crippen LogP contribution in [0.3, 0.4) is 0 Å². The van der Waals surface area contributed by atoms with Crippen molar-refractivity contribution in [2.24, 2.45) is 0 Å². The lowest BCUT2D eigenvalue weighted by Crippen LogP contribution is -2.41. The maximum Gasteiger partial charge on any atom is 0.251 e. The molecular formula is C20H23N3O3. The predicted octanol–water partition coefficient (Wildman–Crippen LogP) is 2.01. The molecule has 1 aliphatic heterocycles. The van der Waals surface area contributed by atoms with E-state index in [1.54, 1.807) is 30.5 Å². The maximum absolute atomic E-state index is 12.4. The minimum atomic E-state index is -0.121. The van der Waals surface area contributed by atoms with Gasteiger partial charge in [-0.25, -0.2) is 0 Å². The van der Waals surface area contributed by atoms with Gasteiger partial charge in [0, 0.05) is 49.1 Å². The molecular weight excluding hydrogens is 330 g/mol. The van der Waals surface area contributed by atoms with Gasteiger partial charge in [-0.2, -0.15) is 0 Å². The zero-order chi connectivity index (χ0) is 18.4. The van der Waals surface area contributed by atoms with Crippen molar-refractivity contribution in [1.82, 2.24) is 15.2 Å². The highest BCUT2D eigenvalue weighted by Crippen LogP contribution is 2.19. The molecule has 1 aromatic heterocycles. The van der Waals surface area contributed by atoms with Gasteiger partial charge in [-0.1, -0.05) is 18.2 Å². The van der Waals surface area contributed by atoms with Gasteiger partial charge in [0.15, 0.2) is 5.78 Å². The summed E-state index contributed by atoms with van der Waals surface area (Å²) in [4.78, 5) is 30.6. The normalized spacial score (nSPS) is 14.8. The summed E-state index contributed by atoms with van der Waals surface area (Å²) in [5.74, 6) is -0.117. The molecule has 0 saturated carbocycles. The van der Waals surface area contributed by atoms with Gasteiger partial charge in [0.1, 0.15) is 0 Å². The third-order valence-corrected chi connectivity index (χ3v) is 4.40. The van der Waals surface area contributed by atoms with E-state index in [0.29, 0.717) is 23.4 Å². The topological polar surface area (TPSA) is 71.5 Å². The highest BCUT2D eigenvalue weighted by molar-refractivity contribution is 5.96. The molecule has 0 spiro atoms. The number of carbonyl (C=O) groups is 2. The molecule has 1 aliphatic rings. The van der Waals surface area contributed by atoms with Crippen LogP contribution in [0.15, 0.2) is 42.6 Å². The highest BCUT2D eigenvalue weighted by Gasteiger charge is 2.12. The van der Waals surface area contributed by atoms with Crippen molar-refractivity contribution < 1.29 is 14.3 Å². The van der Waals surface area contributed by atoms with Crippen LogP contribution in [0, 0.1) is 0 Å². The number of ether oxygens (including phenoxy) is 1. The molecule has 1 fully saturated rings. The number of amides is 1. The van der Waals surface area contributed by atoms with Gasteiger partial charge in [-0.3, -0.25) is 19.5 Å². The minimum Gasteiger partial charge on any atom is -0.379 e.